The van der Waals surface area contributed by atoms with Crippen molar-refractivity contribution in [2.24, 2.45) is 0 Å². The second-order valence-corrected chi connectivity index (χ2v) is 10.4. The number of fused-ring (bicyclic) bond motifs is 3. The molecule has 0 fully saturated rings. The third kappa shape index (κ3) is 2.80. The first-order chi connectivity index (χ1) is 16.4. The maximum absolute atomic E-state index is 13.4. The summed E-state index contributed by atoms with van der Waals surface area (Å²) in [5.41, 5.74) is 3.41. The molecular weight excluding hydrogens is 446 g/mol. The van der Waals surface area contributed by atoms with Crippen molar-refractivity contribution in [2.45, 2.75) is 31.3 Å². The molecule has 0 aliphatic carbocycles. The molecule has 0 bridgehead atoms. The molecule has 1 N–H and O–H groups in total. The standard InChI is InChI=1S/C27H23N3O3S/c1-3-29-22-11-5-4-10-20(22)21-16-19(14-15-23(21)29)28-27(31)17(2)30-24-12-6-8-18-9-7-13-25(26(18)24)34(30,32)33/h4-17H,3H2,1-2H3,(H,28,31)/t17-/m0/s1. The molecule has 7 heteroatoms. The first-order valence-corrected chi connectivity index (χ1v) is 12.7. The second-order valence-electron chi connectivity index (χ2n) is 8.59. The number of sulfonamides is 1. The van der Waals surface area contributed by atoms with Gasteiger partial charge in [0.1, 0.15) is 6.04 Å². The van der Waals surface area contributed by atoms with E-state index in [9.17, 15) is 13.2 Å². The van der Waals surface area contributed by atoms with Crippen LogP contribution in [0.4, 0.5) is 11.4 Å². The fourth-order valence-electron chi connectivity index (χ4n) is 5.16. The van der Waals surface area contributed by atoms with Gasteiger partial charge in [-0.2, -0.15) is 0 Å². The third-order valence-electron chi connectivity index (χ3n) is 6.71. The van der Waals surface area contributed by atoms with Crippen LogP contribution in [0.2, 0.25) is 0 Å². The molecule has 0 spiro atoms. The number of carbonyl (C=O) groups excluding carboxylic acids is 1. The van der Waals surface area contributed by atoms with E-state index in [4.69, 9.17) is 0 Å². The first-order valence-electron chi connectivity index (χ1n) is 11.3. The van der Waals surface area contributed by atoms with E-state index >= 15 is 0 Å². The van der Waals surface area contributed by atoms with Crippen molar-refractivity contribution in [1.29, 1.82) is 0 Å². The Morgan fingerprint density at radius 2 is 1.65 bits per heavy atom. The molecule has 1 amide bonds. The molecule has 2 heterocycles. The molecule has 1 aromatic heterocycles. The van der Waals surface area contributed by atoms with Crippen molar-refractivity contribution < 1.29 is 13.2 Å². The van der Waals surface area contributed by atoms with Gasteiger partial charge in [0.2, 0.25) is 5.91 Å². The Bertz CT molecular complexity index is 1730. The fourth-order valence-corrected chi connectivity index (χ4v) is 7.03. The average Bonchev–Trinajstić information content (AvgIpc) is 3.28. The number of aryl methyl sites for hydroxylation is 1. The molecule has 0 unspecified atom stereocenters. The number of nitrogens with one attached hydrogen (secondary N) is 1. The largest absolute Gasteiger partial charge is 0.341 e. The maximum atomic E-state index is 13.4. The Morgan fingerprint density at radius 1 is 0.912 bits per heavy atom. The zero-order valence-corrected chi connectivity index (χ0v) is 19.6. The van der Waals surface area contributed by atoms with Gasteiger partial charge in [0.15, 0.2) is 0 Å². The molecule has 1 atom stereocenters. The normalized spacial score (nSPS) is 15.3. The number of hydrogen-bond acceptors (Lipinski definition) is 3. The summed E-state index contributed by atoms with van der Waals surface area (Å²) in [6.07, 6.45) is 0. The van der Waals surface area contributed by atoms with Crippen LogP contribution in [-0.4, -0.2) is 24.9 Å². The number of amides is 1. The van der Waals surface area contributed by atoms with Crippen LogP contribution in [0.15, 0.2) is 83.8 Å². The van der Waals surface area contributed by atoms with E-state index in [1.165, 1.54) is 4.31 Å². The molecular formula is C27H23N3O3S. The van der Waals surface area contributed by atoms with Crippen molar-refractivity contribution in [1.82, 2.24) is 4.57 Å². The van der Waals surface area contributed by atoms with E-state index in [2.05, 4.69) is 28.9 Å². The quantitative estimate of drug-likeness (QED) is 0.378. The summed E-state index contributed by atoms with van der Waals surface area (Å²) >= 11 is 0. The Balaban J connectivity index is 1.37. The molecule has 6 rings (SSSR count). The molecule has 6 nitrogen and oxygen atoms in total. The number of carbonyl (C=O) groups is 1. The molecule has 170 valence electrons. The molecule has 34 heavy (non-hydrogen) atoms. The number of benzene rings is 4. The summed E-state index contributed by atoms with van der Waals surface area (Å²) in [6.45, 7) is 4.57. The monoisotopic (exact) mass is 469 g/mol. The van der Waals surface area contributed by atoms with Crippen molar-refractivity contribution >= 4 is 59.9 Å². The molecule has 1 aliphatic rings. The molecule has 5 aromatic rings. The van der Waals surface area contributed by atoms with Gasteiger partial charge in [-0.05, 0) is 55.6 Å². The summed E-state index contributed by atoms with van der Waals surface area (Å²) in [5, 5.41) is 6.62. The van der Waals surface area contributed by atoms with E-state index in [1.54, 1.807) is 25.1 Å². The zero-order chi connectivity index (χ0) is 23.6. The molecule has 0 radical (unpaired) electrons. The van der Waals surface area contributed by atoms with Gasteiger partial charge < -0.3 is 9.88 Å². The van der Waals surface area contributed by atoms with Crippen LogP contribution >= 0.6 is 0 Å². The van der Waals surface area contributed by atoms with Crippen LogP contribution in [0.25, 0.3) is 32.6 Å². The van der Waals surface area contributed by atoms with Gasteiger partial charge in [-0.1, -0.05) is 42.5 Å². The van der Waals surface area contributed by atoms with Gasteiger partial charge in [-0.3, -0.25) is 9.10 Å². The highest BCUT2D eigenvalue weighted by molar-refractivity contribution is 7.93. The lowest BCUT2D eigenvalue weighted by molar-refractivity contribution is -0.116. The van der Waals surface area contributed by atoms with Crippen molar-refractivity contribution in [2.75, 3.05) is 9.62 Å². The third-order valence-corrected chi connectivity index (χ3v) is 8.63. The van der Waals surface area contributed by atoms with Gasteiger partial charge in [0.05, 0.1) is 10.6 Å². The number of aromatic nitrogens is 1. The summed E-state index contributed by atoms with van der Waals surface area (Å²) in [4.78, 5) is 13.5. The van der Waals surface area contributed by atoms with Gasteiger partial charge in [-0.25, -0.2) is 8.42 Å². The topological polar surface area (TPSA) is 71.4 Å². The Kier molecular flexibility index (Phi) is 4.47. The SMILES string of the molecule is CCn1c2ccccc2c2cc(NC(=O)[C@H](C)N3c4cccc5cccc(c45)S3(=O)=O)ccc21. The van der Waals surface area contributed by atoms with Crippen LogP contribution in [0.1, 0.15) is 13.8 Å². The smallest absolute Gasteiger partial charge is 0.265 e. The lowest BCUT2D eigenvalue weighted by Gasteiger charge is -2.25. The van der Waals surface area contributed by atoms with Crippen LogP contribution < -0.4 is 9.62 Å². The molecule has 4 aromatic carbocycles. The minimum Gasteiger partial charge on any atom is -0.341 e. The van der Waals surface area contributed by atoms with Gasteiger partial charge >= 0.3 is 0 Å². The molecule has 0 saturated heterocycles. The summed E-state index contributed by atoms with van der Waals surface area (Å²) < 4.78 is 30.2. The molecule has 0 saturated carbocycles. The van der Waals surface area contributed by atoms with Crippen LogP contribution in [-0.2, 0) is 21.4 Å². The van der Waals surface area contributed by atoms with Crippen molar-refractivity contribution in [3.05, 3.63) is 78.9 Å². The summed E-state index contributed by atoms with van der Waals surface area (Å²) in [5.74, 6) is -0.382. The Hall–Kier alpha value is -3.84. The highest BCUT2D eigenvalue weighted by Gasteiger charge is 2.40. The van der Waals surface area contributed by atoms with Crippen LogP contribution in [0.5, 0.6) is 0 Å². The van der Waals surface area contributed by atoms with E-state index in [1.807, 2.05) is 48.5 Å². The lowest BCUT2D eigenvalue weighted by Crippen LogP contribution is -2.43. The summed E-state index contributed by atoms with van der Waals surface area (Å²) in [7, 11) is -3.83. The summed E-state index contributed by atoms with van der Waals surface area (Å²) in [6, 6.07) is 23.8. The Labute approximate surface area is 197 Å². The van der Waals surface area contributed by atoms with Gasteiger partial charge in [0.25, 0.3) is 10.0 Å². The zero-order valence-electron chi connectivity index (χ0n) is 18.8. The highest BCUT2D eigenvalue weighted by atomic mass is 32.2. The number of rotatable bonds is 4. The average molecular weight is 470 g/mol. The minimum absolute atomic E-state index is 0.244. The number of anilines is 2. The molecule has 1 aliphatic heterocycles. The minimum atomic E-state index is -3.83. The Morgan fingerprint density at radius 3 is 2.44 bits per heavy atom. The number of nitrogens with zero attached hydrogens (tertiary/aromatic N) is 2. The lowest BCUT2D eigenvalue weighted by atomic mass is 10.1. The number of hydrogen-bond donors (Lipinski definition) is 1. The van der Waals surface area contributed by atoms with Gasteiger partial charge in [0, 0.05) is 39.4 Å². The fraction of sp³-hybridized carbons (Fsp3) is 0.148. The first kappa shape index (κ1) is 20.7. The van der Waals surface area contributed by atoms with E-state index in [0.717, 1.165) is 33.7 Å². The van der Waals surface area contributed by atoms with Crippen LogP contribution in [0.3, 0.4) is 0 Å². The second kappa shape index (κ2) is 7.33. The van der Waals surface area contributed by atoms with E-state index in [0.29, 0.717) is 16.8 Å². The van der Waals surface area contributed by atoms with Gasteiger partial charge in [-0.15, -0.1) is 0 Å². The maximum Gasteiger partial charge on any atom is 0.265 e. The number of para-hydroxylation sites is 1. The predicted octanol–water partition coefficient (Wildman–Crippen LogP) is 5.50. The van der Waals surface area contributed by atoms with E-state index < -0.39 is 16.1 Å². The van der Waals surface area contributed by atoms with Crippen molar-refractivity contribution in [3.8, 4) is 0 Å². The van der Waals surface area contributed by atoms with Crippen LogP contribution in [0, 0.1) is 0 Å². The van der Waals surface area contributed by atoms with Crippen molar-refractivity contribution in [3.63, 3.8) is 0 Å². The highest BCUT2D eigenvalue weighted by Crippen LogP contribution is 2.43. The van der Waals surface area contributed by atoms with E-state index in [-0.39, 0.29) is 10.8 Å². The predicted molar refractivity (Wildman–Crippen MR) is 137 cm³/mol.